The van der Waals surface area contributed by atoms with Crippen LogP contribution in [0.2, 0.25) is 0 Å². The molecule has 1 aliphatic rings. The van der Waals surface area contributed by atoms with E-state index in [0.29, 0.717) is 17.6 Å². The normalized spacial score (nSPS) is 21.2. The fraction of sp³-hybridized carbons (Fsp3) is 0.889. The molecule has 0 bridgehead atoms. The summed E-state index contributed by atoms with van der Waals surface area (Å²) in [4.78, 5) is 11.3. The molecule has 58 valence electrons. The van der Waals surface area contributed by atoms with Crippen molar-refractivity contribution in [3.63, 3.8) is 0 Å². The molecule has 0 aromatic heterocycles. The lowest BCUT2D eigenvalue weighted by molar-refractivity contribution is -0.124. The first-order valence-corrected chi connectivity index (χ1v) is 4.16. The molecule has 0 heterocycles. The topological polar surface area (TPSA) is 17.1 Å². The van der Waals surface area contributed by atoms with Crippen molar-refractivity contribution >= 4 is 5.78 Å². The Morgan fingerprint density at radius 2 is 1.80 bits per heavy atom. The van der Waals surface area contributed by atoms with Gasteiger partial charge in [-0.15, -0.1) is 0 Å². The number of carbonyl (C=O) groups excluding carboxylic acids is 1. The number of carbonyl (C=O) groups is 1. The van der Waals surface area contributed by atoms with Gasteiger partial charge in [-0.1, -0.05) is 20.8 Å². The second kappa shape index (κ2) is 2.73. The summed E-state index contributed by atoms with van der Waals surface area (Å²) in [5.74, 6) is 1.74. The molecule has 0 amide bonds. The Labute approximate surface area is 62.8 Å². The van der Waals surface area contributed by atoms with E-state index in [1.54, 1.807) is 0 Å². The molecule has 1 nitrogen and oxygen atoms in total. The Morgan fingerprint density at radius 3 is 2.10 bits per heavy atom. The molecule has 0 saturated heterocycles. The van der Waals surface area contributed by atoms with E-state index in [1.165, 1.54) is 0 Å². The fourth-order valence-electron chi connectivity index (χ4n) is 1.07. The van der Waals surface area contributed by atoms with Crippen molar-refractivity contribution in [2.24, 2.45) is 17.8 Å². The van der Waals surface area contributed by atoms with Crippen LogP contribution in [0.25, 0.3) is 0 Å². The van der Waals surface area contributed by atoms with Gasteiger partial charge in [0.2, 0.25) is 0 Å². The average molecular weight is 140 g/mol. The van der Waals surface area contributed by atoms with Gasteiger partial charge in [-0.3, -0.25) is 4.79 Å². The van der Waals surface area contributed by atoms with Crippen molar-refractivity contribution in [2.45, 2.75) is 33.6 Å². The third-order valence-corrected chi connectivity index (χ3v) is 2.43. The Balaban J connectivity index is 2.38. The molecule has 0 spiro atoms. The standard InChI is InChI=1S/C9H16O/c1-6(2)7(3)9(10)8-4-5-8/h6-8H,4-5H2,1-3H3. The summed E-state index contributed by atoms with van der Waals surface area (Å²) in [5, 5.41) is 0. The summed E-state index contributed by atoms with van der Waals surface area (Å²) >= 11 is 0. The number of rotatable bonds is 3. The van der Waals surface area contributed by atoms with Gasteiger partial charge in [0, 0.05) is 11.8 Å². The van der Waals surface area contributed by atoms with Gasteiger partial charge in [-0.2, -0.15) is 0 Å². The molecule has 0 aliphatic heterocycles. The molecule has 0 aromatic rings. The van der Waals surface area contributed by atoms with Crippen LogP contribution in [0, 0.1) is 17.8 Å². The van der Waals surface area contributed by atoms with Crippen LogP contribution in [0.4, 0.5) is 0 Å². The molecule has 1 saturated carbocycles. The summed E-state index contributed by atoms with van der Waals surface area (Å²) < 4.78 is 0. The minimum Gasteiger partial charge on any atom is -0.299 e. The van der Waals surface area contributed by atoms with Gasteiger partial charge in [-0.05, 0) is 18.8 Å². The van der Waals surface area contributed by atoms with Gasteiger partial charge in [0.15, 0.2) is 0 Å². The maximum Gasteiger partial charge on any atom is 0.139 e. The van der Waals surface area contributed by atoms with Gasteiger partial charge in [0.05, 0.1) is 0 Å². The molecule has 1 heteroatoms. The van der Waals surface area contributed by atoms with E-state index in [-0.39, 0.29) is 5.92 Å². The Morgan fingerprint density at radius 1 is 1.30 bits per heavy atom. The van der Waals surface area contributed by atoms with Crippen molar-refractivity contribution in [3.05, 3.63) is 0 Å². The van der Waals surface area contributed by atoms with Crippen LogP contribution in [0.15, 0.2) is 0 Å². The van der Waals surface area contributed by atoms with Crippen LogP contribution < -0.4 is 0 Å². The maximum atomic E-state index is 11.3. The van der Waals surface area contributed by atoms with Crippen LogP contribution in [0.5, 0.6) is 0 Å². The van der Waals surface area contributed by atoms with Crippen molar-refractivity contribution in [1.82, 2.24) is 0 Å². The fourth-order valence-corrected chi connectivity index (χ4v) is 1.07. The summed E-state index contributed by atoms with van der Waals surface area (Å²) in [5.41, 5.74) is 0. The molecule has 0 aromatic carbocycles. The van der Waals surface area contributed by atoms with Crippen molar-refractivity contribution in [2.75, 3.05) is 0 Å². The molecule has 1 fully saturated rings. The predicted octanol–water partition coefficient (Wildman–Crippen LogP) is 2.26. The second-order valence-electron chi connectivity index (χ2n) is 3.71. The largest absolute Gasteiger partial charge is 0.299 e. The zero-order valence-corrected chi connectivity index (χ0v) is 7.05. The van der Waals surface area contributed by atoms with Crippen molar-refractivity contribution in [3.8, 4) is 0 Å². The molecule has 1 atom stereocenters. The lowest BCUT2D eigenvalue weighted by Gasteiger charge is -2.12. The van der Waals surface area contributed by atoms with Crippen LogP contribution in [-0.4, -0.2) is 5.78 Å². The van der Waals surface area contributed by atoms with Crippen molar-refractivity contribution < 1.29 is 4.79 Å². The molecule has 10 heavy (non-hydrogen) atoms. The molecule has 1 unspecified atom stereocenters. The number of ketones is 1. The molecule has 0 N–H and O–H groups in total. The smallest absolute Gasteiger partial charge is 0.139 e. The monoisotopic (exact) mass is 140 g/mol. The second-order valence-corrected chi connectivity index (χ2v) is 3.71. The number of hydrogen-bond donors (Lipinski definition) is 0. The molecule has 1 aliphatic carbocycles. The average Bonchev–Trinajstić information content (AvgIpc) is 2.65. The highest BCUT2D eigenvalue weighted by atomic mass is 16.1. The molecular formula is C9H16O. The van der Waals surface area contributed by atoms with Crippen LogP contribution in [0.3, 0.4) is 0 Å². The number of hydrogen-bond acceptors (Lipinski definition) is 1. The Bertz CT molecular complexity index is 134. The van der Waals surface area contributed by atoms with E-state index < -0.39 is 0 Å². The van der Waals surface area contributed by atoms with Crippen LogP contribution in [-0.2, 0) is 4.79 Å². The van der Waals surface area contributed by atoms with Gasteiger partial charge >= 0.3 is 0 Å². The van der Waals surface area contributed by atoms with Crippen LogP contribution in [0.1, 0.15) is 33.6 Å². The molecular weight excluding hydrogens is 124 g/mol. The lowest BCUT2D eigenvalue weighted by Crippen LogP contribution is -2.18. The summed E-state index contributed by atoms with van der Waals surface area (Å²) in [6.45, 7) is 6.28. The van der Waals surface area contributed by atoms with Gasteiger partial charge < -0.3 is 0 Å². The van der Waals surface area contributed by atoms with Gasteiger partial charge in [-0.25, -0.2) is 0 Å². The molecule has 0 radical (unpaired) electrons. The van der Waals surface area contributed by atoms with E-state index in [1.807, 2.05) is 6.92 Å². The van der Waals surface area contributed by atoms with Crippen LogP contribution >= 0.6 is 0 Å². The lowest BCUT2D eigenvalue weighted by atomic mass is 9.91. The van der Waals surface area contributed by atoms with E-state index in [0.717, 1.165) is 12.8 Å². The van der Waals surface area contributed by atoms with E-state index in [4.69, 9.17) is 0 Å². The SMILES string of the molecule is CC(C)C(C)C(=O)C1CC1. The van der Waals surface area contributed by atoms with E-state index in [9.17, 15) is 4.79 Å². The zero-order chi connectivity index (χ0) is 7.72. The third-order valence-electron chi connectivity index (χ3n) is 2.43. The van der Waals surface area contributed by atoms with Crippen molar-refractivity contribution in [1.29, 1.82) is 0 Å². The highest BCUT2D eigenvalue weighted by Crippen LogP contribution is 2.33. The summed E-state index contributed by atoms with van der Waals surface area (Å²) in [6, 6.07) is 0. The van der Waals surface area contributed by atoms with E-state index >= 15 is 0 Å². The first kappa shape index (κ1) is 7.77. The Kier molecular flexibility index (Phi) is 2.12. The molecule has 1 rings (SSSR count). The Hall–Kier alpha value is -0.330. The zero-order valence-electron chi connectivity index (χ0n) is 7.05. The quantitative estimate of drug-likeness (QED) is 0.587. The number of Topliss-reactive ketones (excluding diaryl/α,β-unsaturated/α-hetero) is 1. The first-order valence-electron chi connectivity index (χ1n) is 4.16. The van der Waals surface area contributed by atoms with Gasteiger partial charge in [0.1, 0.15) is 5.78 Å². The first-order chi connectivity index (χ1) is 4.63. The summed E-state index contributed by atoms with van der Waals surface area (Å²) in [6.07, 6.45) is 2.30. The minimum absolute atomic E-state index is 0.285. The summed E-state index contributed by atoms with van der Waals surface area (Å²) in [7, 11) is 0. The predicted molar refractivity (Wildman–Crippen MR) is 41.7 cm³/mol. The third kappa shape index (κ3) is 1.59. The highest BCUT2D eigenvalue weighted by Gasteiger charge is 2.33. The highest BCUT2D eigenvalue weighted by molar-refractivity contribution is 5.85. The minimum atomic E-state index is 0.285. The van der Waals surface area contributed by atoms with Gasteiger partial charge in [0.25, 0.3) is 0 Å². The maximum absolute atomic E-state index is 11.3. The van der Waals surface area contributed by atoms with E-state index in [2.05, 4.69) is 13.8 Å².